The highest BCUT2D eigenvalue weighted by atomic mass is 32.1. The van der Waals surface area contributed by atoms with Crippen LogP contribution >= 0.6 is 11.3 Å². The van der Waals surface area contributed by atoms with Crippen LogP contribution in [0.5, 0.6) is 0 Å². The number of amides is 1. The van der Waals surface area contributed by atoms with E-state index in [0.29, 0.717) is 22.4 Å². The number of benzene rings is 2. The SMILES string of the molecule is C[C@@H](NC(=O)c1c(N)nn2cccnc12)c1cc2cccc(/C=C/c3cncs3)c2c(=O)n1-c1ccccc1. The summed E-state index contributed by atoms with van der Waals surface area (Å²) in [4.78, 5) is 36.9. The molecular weight excluding hydrogens is 510 g/mol. The Balaban J connectivity index is 1.47. The quantitative estimate of drug-likeness (QED) is 0.319. The van der Waals surface area contributed by atoms with Crippen molar-refractivity contribution in [1.82, 2.24) is 29.5 Å². The summed E-state index contributed by atoms with van der Waals surface area (Å²) in [6, 6.07) is 18.2. The number of para-hydroxylation sites is 1. The van der Waals surface area contributed by atoms with E-state index in [1.54, 1.807) is 34.7 Å². The second-order valence-electron chi connectivity index (χ2n) is 8.94. The molecule has 0 aliphatic heterocycles. The monoisotopic (exact) mass is 533 g/mol. The fraction of sp³-hybridized carbons (Fsp3) is 0.0690. The number of hydrogen-bond acceptors (Lipinski definition) is 7. The number of nitrogens with zero attached hydrogens (tertiary/aromatic N) is 5. The Kier molecular flexibility index (Phi) is 6.22. The lowest BCUT2D eigenvalue weighted by Gasteiger charge is -2.21. The third-order valence-electron chi connectivity index (χ3n) is 6.44. The minimum Gasteiger partial charge on any atom is -0.381 e. The first-order chi connectivity index (χ1) is 19.0. The summed E-state index contributed by atoms with van der Waals surface area (Å²) in [7, 11) is 0. The van der Waals surface area contributed by atoms with Crippen LogP contribution in [-0.2, 0) is 0 Å². The lowest BCUT2D eigenvalue weighted by molar-refractivity contribution is 0.0941. The summed E-state index contributed by atoms with van der Waals surface area (Å²) in [6.07, 6.45) is 8.91. The maximum atomic E-state index is 14.1. The molecule has 0 unspecified atom stereocenters. The number of hydrogen-bond donors (Lipinski definition) is 2. The summed E-state index contributed by atoms with van der Waals surface area (Å²) < 4.78 is 3.11. The van der Waals surface area contributed by atoms with E-state index in [-0.39, 0.29) is 16.9 Å². The molecule has 6 aromatic rings. The lowest BCUT2D eigenvalue weighted by Crippen LogP contribution is -2.32. The Morgan fingerprint density at radius 3 is 2.74 bits per heavy atom. The molecule has 9 nitrogen and oxygen atoms in total. The Morgan fingerprint density at radius 1 is 1.10 bits per heavy atom. The van der Waals surface area contributed by atoms with E-state index in [9.17, 15) is 9.59 Å². The van der Waals surface area contributed by atoms with Crippen LogP contribution in [0.3, 0.4) is 0 Å². The van der Waals surface area contributed by atoms with E-state index >= 15 is 0 Å². The summed E-state index contributed by atoms with van der Waals surface area (Å²) in [5.41, 5.74) is 10.3. The molecule has 1 atom stereocenters. The molecule has 2 aromatic carbocycles. The summed E-state index contributed by atoms with van der Waals surface area (Å²) >= 11 is 1.52. The highest BCUT2D eigenvalue weighted by molar-refractivity contribution is 7.10. The maximum Gasteiger partial charge on any atom is 0.263 e. The normalized spacial score (nSPS) is 12.3. The average molecular weight is 534 g/mol. The van der Waals surface area contributed by atoms with Gasteiger partial charge in [0.05, 0.1) is 16.9 Å². The smallest absolute Gasteiger partial charge is 0.263 e. The summed E-state index contributed by atoms with van der Waals surface area (Å²) in [6.45, 7) is 1.83. The van der Waals surface area contributed by atoms with Gasteiger partial charge in [0, 0.05) is 34.8 Å². The highest BCUT2D eigenvalue weighted by Crippen LogP contribution is 2.25. The fourth-order valence-corrected chi connectivity index (χ4v) is 5.17. The van der Waals surface area contributed by atoms with Gasteiger partial charge in [-0.25, -0.2) is 9.50 Å². The molecule has 0 radical (unpaired) electrons. The largest absolute Gasteiger partial charge is 0.381 e. The Labute approximate surface area is 226 Å². The second kappa shape index (κ2) is 9.99. The molecule has 192 valence electrons. The highest BCUT2D eigenvalue weighted by Gasteiger charge is 2.23. The van der Waals surface area contributed by atoms with Gasteiger partial charge in [-0.1, -0.05) is 42.5 Å². The number of nitrogens with one attached hydrogen (secondary N) is 1. The third kappa shape index (κ3) is 4.47. The first kappa shape index (κ1) is 24.3. The molecule has 0 fully saturated rings. The zero-order chi connectivity index (χ0) is 26.9. The van der Waals surface area contributed by atoms with Crippen molar-refractivity contribution in [2.24, 2.45) is 0 Å². The van der Waals surface area contributed by atoms with Crippen LogP contribution in [0.4, 0.5) is 5.82 Å². The Hall–Kier alpha value is -5.09. The molecule has 10 heteroatoms. The van der Waals surface area contributed by atoms with Gasteiger partial charge in [-0.2, -0.15) is 0 Å². The molecule has 4 aromatic heterocycles. The predicted molar refractivity (Wildman–Crippen MR) is 154 cm³/mol. The molecule has 4 heterocycles. The van der Waals surface area contributed by atoms with Crippen molar-refractivity contribution in [3.05, 3.63) is 117 Å². The number of carbonyl (C=O) groups excluding carboxylic acids is 1. The molecule has 0 bridgehead atoms. The minimum atomic E-state index is -0.552. The number of anilines is 1. The Bertz CT molecular complexity index is 1910. The number of nitrogens with two attached hydrogens (primary N) is 1. The van der Waals surface area contributed by atoms with E-state index in [1.807, 2.05) is 73.7 Å². The summed E-state index contributed by atoms with van der Waals surface area (Å²) in [5.74, 6) is -0.350. The number of pyridine rings is 1. The Morgan fingerprint density at radius 2 is 1.95 bits per heavy atom. The van der Waals surface area contributed by atoms with Crippen molar-refractivity contribution in [1.29, 1.82) is 0 Å². The number of fused-ring (bicyclic) bond motifs is 2. The van der Waals surface area contributed by atoms with Crippen molar-refractivity contribution < 1.29 is 4.79 Å². The van der Waals surface area contributed by atoms with E-state index in [0.717, 1.165) is 15.8 Å². The second-order valence-corrected chi connectivity index (χ2v) is 9.86. The first-order valence-corrected chi connectivity index (χ1v) is 13.1. The minimum absolute atomic E-state index is 0.0785. The maximum absolute atomic E-state index is 14.1. The van der Waals surface area contributed by atoms with Crippen LogP contribution in [-0.4, -0.2) is 30.1 Å². The van der Waals surface area contributed by atoms with Crippen molar-refractivity contribution in [2.75, 3.05) is 5.73 Å². The molecule has 6 rings (SSSR count). The molecule has 0 aliphatic rings. The number of rotatable bonds is 6. The van der Waals surface area contributed by atoms with Crippen molar-refractivity contribution >= 4 is 51.6 Å². The molecule has 0 saturated carbocycles. The van der Waals surface area contributed by atoms with Crippen molar-refractivity contribution in [3.63, 3.8) is 0 Å². The van der Waals surface area contributed by atoms with Gasteiger partial charge in [0.15, 0.2) is 11.5 Å². The first-order valence-electron chi connectivity index (χ1n) is 12.2. The van der Waals surface area contributed by atoms with E-state index in [2.05, 4.69) is 20.4 Å². The van der Waals surface area contributed by atoms with Gasteiger partial charge in [-0.15, -0.1) is 16.4 Å². The van der Waals surface area contributed by atoms with Gasteiger partial charge in [0.1, 0.15) is 5.56 Å². The zero-order valence-corrected chi connectivity index (χ0v) is 21.7. The van der Waals surface area contributed by atoms with Gasteiger partial charge in [0.2, 0.25) is 0 Å². The third-order valence-corrected chi connectivity index (χ3v) is 7.18. The van der Waals surface area contributed by atoms with Gasteiger partial charge in [-0.3, -0.25) is 19.1 Å². The van der Waals surface area contributed by atoms with E-state index in [4.69, 9.17) is 5.73 Å². The molecule has 0 spiro atoms. The van der Waals surface area contributed by atoms with Crippen LogP contribution in [0.25, 0.3) is 34.3 Å². The number of carbonyl (C=O) groups is 1. The molecule has 3 N–H and O–H groups in total. The van der Waals surface area contributed by atoms with E-state index in [1.165, 1.54) is 15.9 Å². The molecular formula is C29H23N7O2S. The van der Waals surface area contributed by atoms with Gasteiger partial charge < -0.3 is 11.1 Å². The van der Waals surface area contributed by atoms with Gasteiger partial charge in [0.25, 0.3) is 11.5 Å². The van der Waals surface area contributed by atoms with Crippen molar-refractivity contribution in [2.45, 2.75) is 13.0 Å². The fourth-order valence-electron chi connectivity index (χ4n) is 4.65. The summed E-state index contributed by atoms with van der Waals surface area (Å²) in [5, 5.41) is 8.54. The molecule has 0 aliphatic carbocycles. The topological polar surface area (TPSA) is 120 Å². The van der Waals surface area contributed by atoms with E-state index < -0.39 is 11.9 Å². The average Bonchev–Trinajstić information content (AvgIpc) is 3.59. The van der Waals surface area contributed by atoms with Crippen LogP contribution < -0.4 is 16.6 Å². The van der Waals surface area contributed by atoms with Gasteiger partial charge in [-0.05, 0) is 48.2 Å². The number of thiazole rings is 1. The van der Waals surface area contributed by atoms with Crippen LogP contribution in [0.15, 0.2) is 89.6 Å². The van der Waals surface area contributed by atoms with Crippen LogP contribution in [0.1, 0.15) is 39.5 Å². The molecule has 0 saturated heterocycles. The predicted octanol–water partition coefficient (Wildman–Crippen LogP) is 4.73. The molecule has 39 heavy (non-hydrogen) atoms. The van der Waals surface area contributed by atoms with Gasteiger partial charge >= 0.3 is 0 Å². The van der Waals surface area contributed by atoms with Crippen LogP contribution in [0, 0.1) is 0 Å². The molecule has 1 amide bonds. The van der Waals surface area contributed by atoms with Crippen LogP contribution in [0.2, 0.25) is 0 Å². The number of aromatic nitrogens is 5. The van der Waals surface area contributed by atoms with Crippen molar-refractivity contribution in [3.8, 4) is 5.69 Å². The zero-order valence-electron chi connectivity index (χ0n) is 20.9. The number of nitrogen functional groups attached to an aromatic ring is 1. The lowest BCUT2D eigenvalue weighted by atomic mass is 10.0. The standard InChI is InChI=1S/C29H23N7O2S/c1-18(33-28(37)25-26(30)34-35-14-6-13-32-27(25)35)23-15-20-8-5-7-19(11-12-22-16-31-17-39-22)24(20)29(38)36(23)21-9-3-2-4-10-21/h2-18H,1H3,(H2,30,34)(H,33,37)/b12-11+/t18-/m1/s1.